The van der Waals surface area contributed by atoms with E-state index >= 15 is 0 Å². The Labute approximate surface area is 217 Å². The Morgan fingerprint density at radius 2 is 1.29 bits per heavy atom. The third-order valence-electron chi connectivity index (χ3n) is 9.93. The normalized spacial score (nSPS) is 31.7. The highest BCUT2D eigenvalue weighted by molar-refractivity contribution is 5.39. The standard InChI is InChI=1S/C35H52/c1-3-5-9-29-14-22-33(23-15-29)35-26-18-31(19-27-35)11-7-6-10-30-16-24-34(25-17-30)32-20-12-28(8-4-2)13-21-32/h7,11,16-17,24-25,28-29,31-33,35H,3-5,8-9,12-15,18-23,26-27H2,1-2H3/b11-7+/t28-,29-,31?,32-,33-,35?. The monoisotopic (exact) mass is 472 g/mol. The highest BCUT2D eigenvalue weighted by Gasteiger charge is 2.30. The molecule has 4 rings (SSSR count). The van der Waals surface area contributed by atoms with Crippen molar-refractivity contribution in [3.8, 4) is 11.8 Å². The van der Waals surface area contributed by atoms with E-state index in [0.717, 1.165) is 41.1 Å². The van der Waals surface area contributed by atoms with Crippen LogP contribution in [0.15, 0.2) is 36.4 Å². The number of benzene rings is 1. The van der Waals surface area contributed by atoms with Crippen LogP contribution in [0.25, 0.3) is 0 Å². The molecule has 0 heteroatoms. The molecule has 3 saturated carbocycles. The van der Waals surface area contributed by atoms with Gasteiger partial charge in [-0.3, -0.25) is 0 Å². The molecule has 192 valence electrons. The number of allylic oxidation sites excluding steroid dienone is 2. The van der Waals surface area contributed by atoms with Crippen molar-refractivity contribution in [1.29, 1.82) is 0 Å². The third-order valence-corrected chi connectivity index (χ3v) is 9.93. The van der Waals surface area contributed by atoms with Crippen molar-refractivity contribution in [3.63, 3.8) is 0 Å². The zero-order chi connectivity index (χ0) is 24.3. The first-order valence-corrected chi connectivity index (χ1v) is 15.5. The molecule has 0 atom stereocenters. The van der Waals surface area contributed by atoms with E-state index in [4.69, 9.17) is 0 Å². The lowest BCUT2D eigenvalue weighted by Crippen LogP contribution is -2.25. The maximum Gasteiger partial charge on any atom is 0.0249 e. The van der Waals surface area contributed by atoms with Gasteiger partial charge in [-0.1, -0.05) is 88.8 Å². The molecular formula is C35H52. The smallest absolute Gasteiger partial charge is 0.0249 e. The van der Waals surface area contributed by atoms with Crippen molar-refractivity contribution >= 4 is 0 Å². The molecule has 0 amide bonds. The second kappa shape index (κ2) is 14.3. The lowest BCUT2D eigenvalue weighted by molar-refractivity contribution is 0.152. The van der Waals surface area contributed by atoms with Gasteiger partial charge in [0.15, 0.2) is 0 Å². The molecule has 0 spiro atoms. The molecule has 0 aliphatic heterocycles. The van der Waals surface area contributed by atoms with Crippen LogP contribution in [-0.2, 0) is 0 Å². The minimum atomic E-state index is 0.756. The summed E-state index contributed by atoms with van der Waals surface area (Å²) < 4.78 is 0. The molecular weight excluding hydrogens is 420 g/mol. The third kappa shape index (κ3) is 8.27. The average Bonchev–Trinajstić information content (AvgIpc) is 2.92. The van der Waals surface area contributed by atoms with Crippen LogP contribution in [0.3, 0.4) is 0 Å². The number of rotatable bonds is 8. The van der Waals surface area contributed by atoms with E-state index in [2.05, 4.69) is 62.1 Å². The Morgan fingerprint density at radius 3 is 1.91 bits per heavy atom. The van der Waals surface area contributed by atoms with Crippen LogP contribution >= 0.6 is 0 Å². The Bertz CT molecular complexity index is 794. The van der Waals surface area contributed by atoms with Crippen molar-refractivity contribution in [1.82, 2.24) is 0 Å². The molecule has 0 N–H and O–H groups in total. The summed E-state index contributed by atoms with van der Waals surface area (Å²) in [6, 6.07) is 9.18. The molecule has 0 bridgehead atoms. The zero-order valence-corrected chi connectivity index (χ0v) is 22.9. The quantitative estimate of drug-likeness (QED) is 0.330. The van der Waals surface area contributed by atoms with Crippen LogP contribution in [0.1, 0.15) is 140 Å². The summed E-state index contributed by atoms with van der Waals surface area (Å²) in [7, 11) is 0. The molecule has 0 heterocycles. The van der Waals surface area contributed by atoms with Crippen molar-refractivity contribution in [3.05, 3.63) is 47.5 Å². The summed E-state index contributed by atoms with van der Waals surface area (Å²) in [4.78, 5) is 0. The van der Waals surface area contributed by atoms with Crippen LogP contribution in [0, 0.1) is 41.4 Å². The molecule has 1 aromatic rings. The van der Waals surface area contributed by atoms with E-state index in [9.17, 15) is 0 Å². The Hall–Kier alpha value is -1.48. The van der Waals surface area contributed by atoms with Gasteiger partial charge < -0.3 is 0 Å². The first-order chi connectivity index (χ1) is 17.2. The van der Waals surface area contributed by atoms with E-state index in [-0.39, 0.29) is 0 Å². The Kier molecular flexibility index (Phi) is 10.9. The van der Waals surface area contributed by atoms with Gasteiger partial charge in [-0.15, -0.1) is 0 Å². The second-order valence-corrected chi connectivity index (χ2v) is 12.4. The largest absolute Gasteiger partial charge is 0.0730 e. The molecule has 0 aromatic heterocycles. The number of hydrogen-bond donors (Lipinski definition) is 0. The molecule has 0 unspecified atom stereocenters. The fraction of sp³-hybridized carbons (Fsp3) is 0.714. The maximum atomic E-state index is 3.38. The number of unbranched alkanes of at least 4 members (excludes halogenated alkanes) is 1. The number of hydrogen-bond acceptors (Lipinski definition) is 0. The van der Waals surface area contributed by atoms with Gasteiger partial charge >= 0.3 is 0 Å². The summed E-state index contributed by atoms with van der Waals surface area (Å²) in [5.41, 5.74) is 2.70. The van der Waals surface area contributed by atoms with Crippen LogP contribution in [0.4, 0.5) is 0 Å². The average molecular weight is 473 g/mol. The van der Waals surface area contributed by atoms with Crippen LogP contribution in [0.2, 0.25) is 0 Å². The van der Waals surface area contributed by atoms with Crippen molar-refractivity contribution in [2.24, 2.45) is 29.6 Å². The minimum Gasteiger partial charge on any atom is -0.0730 e. The van der Waals surface area contributed by atoms with Crippen molar-refractivity contribution in [2.45, 2.75) is 129 Å². The highest BCUT2D eigenvalue weighted by Crippen LogP contribution is 2.42. The predicted octanol–water partition coefficient (Wildman–Crippen LogP) is 10.5. The molecule has 3 aliphatic rings. The molecule has 0 saturated heterocycles. The minimum absolute atomic E-state index is 0.756. The van der Waals surface area contributed by atoms with Gasteiger partial charge in [-0.05, 0) is 123 Å². The molecule has 35 heavy (non-hydrogen) atoms. The summed E-state index contributed by atoms with van der Waals surface area (Å²) >= 11 is 0. The lowest BCUT2D eigenvalue weighted by Gasteiger charge is -2.37. The van der Waals surface area contributed by atoms with Gasteiger partial charge in [0, 0.05) is 5.56 Å². The van der Waals surface area contributed by atoms with E-state index in [0.29, 0.717) is 0 Å². The van der Waals surface area contributed by atoms with Gasteiger partial charge in [0.05, 0.1) is 0 Å². The zero-order valence-electron chi connectivity index (χ0n) is 22.9. The second-order valence-electron chi connectivity index (χ2n) is 12.4. The Morgan fingerprint density at radius 1 is 0.686 bits per heavy atom. The van der Waals surface area contributed by atoms with Gasteiger partial charge in [0.1, 0.15) is 0 Å². The van der Waals surface area contributed by atoms with Gasteiger partial charge in [-0.25, -0.2) is 0 Å². The van der Waals surface area contributed by atoms with Crippen molar-refractivity contribution < 1.29 is 0 Å². The molecule has 0 radical (unpaired) electrons. The summed E-state index contributed by atoms with van der Waals surface area (Å²) in [6.07, 6.45) is 29.0. The van der Waals surface area contributed by atoms with Gasteiger partial charge in [0.25, 0.3) is 0 Å². The SMILES string of the molecule is CCCC[C@H]1CC[C@H](C2CCC(/C=C/C#Cc3ccc([C@H]4CC[C@H](CCC)CC4)cc3)CC2)CC1. The van der Waals surface area contributed by atoms with Crippen LogP contribution in [0.5, 0.6) is 0 Å². The topological polar surface area (TPSA) is 0 Å². The lowest BCUT2D eigenvalue weighted by atomic mass is 9.68. The highest BCUT2D eigenvalue weighted by atomic mass is 14.4. The first kappa shape index (κ1) is 26.6. The maximum absolute atomic E-state index is 3.38. The van der Waals surface area contributed by atoms with Crippen molar-refractivity contribution in [2.75, 3.05) is 0 Å². The molecule has 3 fully saturated rings. The van der Waals surface area contributed by atoms with Gasteiger partial charge in [0.2, 0.25) is 0 Å². The van der Waals surface area contributed by atoms with E-state index in [1.165, 1.54) is 115 Å². The Balaban J connectivity index is 1.15. The van der Waals surface area contributed by atoms with Gasteiger partial charge in [-0.2, -0.15) is 0 Å². The summed E-state index contributed by atoms with van der Waals surface area (Å²) in [5, 5.41) is 0. The van der Waals surface area contributed by atoms with Crippen LogP contribution < -0.4 is 0 Å². The predicted molar refractivity (Wildman–Crippen MR) is 152 cm³/mol. The molecule has 0 nitrogen and oxygen atoms in total. The van der Waals surface area contributed by atoms with Crippen LogP contribution in [-0.4, -0.2) is 0 Å². The van der Waals surface area contributed by atoms with E-state index < -0.39 is 0 Å². The first-order valence-electron chi connectivity index (χ1n) is 15.5. The fourth-order valence-electron chi connectivity index (χ4n) is 7.59. The van der Waals surface area contributed by atoms with E-state index in [1.54, 1.807) is 0 Å². The fourth-order valence-corrected chi connectivity index (χ4v) is 7.59. The summed E-state index contributed by atoms with van der Waals surface area (Å²) in [5.74, 6) is 12.3. The molecule has 3 aliphatic carbocycles. The molecule has 1 aromatic carbocycles. The van der Waals surface area contributed by atoms with E-state index in [1.807, 2.05) is 0 Å². The summed E-state index contributed by atoms with van der Waals surface area (Å²) in [6.45, 7) is 4.66.